The molecule has 2 nitrogen and oxygen atoms in total. The zero-order valence-corrected chi connectivity index (χ0v) is 11.4. The van der Waals surface area contributed by atoms with Gasteiger partial charge in [0.2, 0.25) is 0 Å². The monoisotopic (exact) mass is 258 g/mol. The van der Waals surface area contributed by atoms with Crippen molar-refractivity contribution < 1.29 is 0 Å². The van der Waals surface area contributed by atoms with Crippen LogP contribution in [0.2, 0.25) is 0 Å². The molecule has 2 atom stereocenters. The van der Waals surface area contributed by atoms with Gasteiger partial charge >= 0.3 is 0 Å². The van der Waals surface area contributed by atoms with E-state index in [4.69, 9.17) is 5.73 Å². The molecule has 1 saturated heterocycles. The van der Waals surface area contributed by atoms with Crippen LogP contribution in [0.3, 0.4) is 0 Å². The Labute approximate surface area is 112 Å². The highest BCUT2D eigenvalue weighted by Crippen LogP contribution is 2.33. The number of nitrogens with zero attached hydrogens (tertiary/aromatic N) is 1. The lowest BCUT2D eigenvalue weighted by atomic mass is 9.92. The molecular weight excluding hydrogens is 240 g/mol. The molecule has 0 saturated carbocycles. The van der Waals surface area contributed by atoms with E-state index in [1.165, 1.54) is 28.9 Å². The Morgan fingerprint density at radius 2 is 2.22 bits per heavy atom. The lowest BCUT2D eigenvalue weighted by molar-refractivity contribution is 0.482. The van der Waals surface area contributed by atoms with Crippen molar-refractivity contribution in [3.63, 3.8) is 0 Å². The number of fused-ring (bicyclic) bond motifs is 1. The molecule has 2 aromatic rings. The molecule has 2 N–H and O–H groups in total. The summed E-state index contributed by atoms with van der Waals surface area (Å²) in [7, 11) is 0. The number of aryl methyl sites for hydroxylation is 1. The first-order valence-electron chi connectivity index (χ1n) is 6.45. The van der Waals surface area contributed by atoms with Crippen molar-refractivity contribution in [2.45, 2.75) is 19.4 Å². The van der Waals surface area contributed by atoms with Crippen LogP contribution >= 0.6 is 11.8 Å². The van der Waals surface area contributed by atoms with Crippen molar-refractivity contribution in [2.75, 3.05) is 11.5 Å². The minimum Gasteiger partial charge on any atom is -0.324 e. The molecule has 1 aliphatic heterocycles. The van der Waals surface area contributed by atoms with E-state index in [9.17, 15) is 0 Å². The maximum Gasteiger partial charge on any atom is 0.0705 e. The minimum atomic E-state index is 0.172. The lowest BCUT2D eigenvalue weighted by Gasteiger charge is -2.19. The van der Waals surface area contributed by atoms with E-state index in [1.807, 2.05) is 18.7 Å². The smallest absolute Gasteiger partial charge is 0.0705 e. The summed E-state index contributed by atoms with van der Waals surface area (Å²) in [6.07, 6.45) is 1.25. The van der Waals surface area contributed by atoms with Gasteiger partial charge in [-0.1, -0.05) is 12.1 Å². The highest BCUT2D eigenvalue weighted by atomic mass is 32.2. The number of nitrogens with two attached hydrogens (primary N) is 1. The standard InChI is InChI=1S/C15H18N2S/c1-10-2-3-11-8-12(4-5-14(11)17-10)15(16)13-6-7-18-9-13/h2-5,8,13,15H,6-7,9,16H2,1H3. The Morgan fingerprint density at radius 1 is 1.33 bits per heavy atom. The molecule has 3 rings (SSSR count). The van der Waals surface area contributed by atoms with Crippen molar-refractivity contribution in [1.82, 2.24) is 4.98 Å². The van der Waals surface area contributed by atoms with Gasteiger partial charge in [-0.05, 0) is 54.5 Å². The van der Waals surface area contributed by atoms with Crippen LogP contribution in [0.1, 0.15) is 23.7 Å². The lowest BCUT2D eigenvalue weighted by Crippen LogP contribution is -2.21. The van der Waals surface area contributed by atoms with Crippen LogP contribution in [-0.2, 0) is 0 Å². The molecule has 94 valence electrons. The maximum absolute atomic E-state index is 6.39. The molecule has 3 heteroatoms. The van der Waals surface area contributed by atoms with Gasteiger partial charge in [0, 0.05) is 17.1 Å². The summed E-state index contributed by atoms with van der Waals surface area (Å²) in [6.45, 7) is 2.02. The molecule has 2 unspecified atom stereocenters. The second-order valence-electron chi connectivity index (χ2n) is 5.05. The number of rotatable bonds is 2. The summed E-state index contributed by atoms with van der Waals surface area (Å²) < 4.78 is 0. The third-order valence-corrected chi connectivity index (χ3v) is 4.90. The zero-order valence-electron chi connectivity index (χ0n) is 10.6. The first-order valence-corrected chi connectivity index (χ1v) is 7.60. The van der Waals surface area contributed by atoms with E-state index >= 15 is 0 Å². The summed E-state index contributed by atoms with van der Waals surface area (Å²) in [5.74, 6) is 3.09. The molecule has 0 amide bonds. The van der Waals surface area contributed by atoms with E-state index in [0.29, 0.717) is 5.92 Å². The second kappa shape index (κ2) is 4.90. The normalized spacial score (nSPS) is 21.3. The molecule has 0 aliphatic carbocycles. The van der Waals surface area contributed by atoms with Crippen molar-refractivity contribution in [2.24, 2.45) is 11.7 Å². The molecule has 0 radical (unpaired) electrons. The Morgan fingerprint density at radius 3 is 3.00 bits per heavy atom. The molecule has 2 heterocycles. The molecule has 1 fully saturated rings. The van der Waals surface area contributed by atoms with Gasteiger partial charge in [0.25, 0.3) is 0 Å². The first-order chi connectivity index (χ1) is 8.74. The van der Waals surface area contributed by atoms with E-state index in [2.05, 4.69) is 35.3 Å². The minimum absolute atomic E-state index is 0.172. The summed E-state index contributed by atoms with van der Waals surface area (Å²) in [6, 6.07) is 10.8. The van der Waals surface area contributed by atoms with Gasteiger partial charge in [-0.3, -0.25) is 4.98 Å². The van der Waals surface area contributed by atoms with Crippen molar-refractivity contribution in [3.8, 4) is 0 Å². The highest BCUT2D eigenvalue weighted by Gasteiger charge is 2.23. The first kappa shape index (κ1) is 12.0. The van der Waals surface area contributed by atoms with Gasteiger partial charge in [-0.15, -0.1) is 0 Å². The maximum atomic E-state index is 6.39. The molecule has 0 bridgehead atoms. The number of pyridine rings is 1. The van der Waals surface area contributed by atoms with E-state index in [0.717, 1.165) is 11.2 Å². The molecule has 1 aromatic heterocycles. The molecule has 0 spiro atoms. The fraction of sp³-hybridized carbons (Fsp3) is 0.400. The van der Waals surface area contributed by atoms with Gasteiger partial charge in [0.1, 0.15) is 0 Å². The zero-order chi connectivity index (χ0) is 12.5. The number of thioether (sulfide) groups is 1. The summed E-state index contributed by atoms with van der Waals surface area (Å²) >= 11 is 2.02. The Bertz CT molecular complexity index is 561. The summed E-state index contributed by atoms with van der Waals surface area (Å²) in [4.78, 5) is 4.53. The number of hydrogen-bond donors (Lipinski definition) is 1. The number of hydrogen-bond acceptors (Lipinski definition) is 3. The predicted molar refractivity (Wildman–Crippen MR) is 78.8 cm³/mol. The largest absolute Gasteiger partial charge is 0.324 e. The molecular formula is C15H18N2S. The van der Waals surface area contributed by atoms with Crippen LogP contribution < -0.4 is 5.73 Å². The SMILES string of the molecule is Cc1ccc2cc(C(N)C3CCSC3)ccc2n1. The van der Waals surface area contributed by atoms with Crippen molar-refractivity contribution in [3.05, 3.63) is 41.6 Å². The fourth-order valence-electron chi connectivity index (χ4n) is 2.56. The van der Waals surface area contributed by atoms with E-state index in [-0.39, 0.29) is 6.04 Å². The number of aromatic nitrogens is 1. The van der Waals surface area contributed by atoms with Gasteiger partial charge in [0.05, 0.1) is 5.52 Å². The average Bonchev–Trinajstić information content (AvgIpc) is 2.91. The average molecular weight is 258 g/mol. The third-order valence-electron chi connectivity index (χ3n) is 3.71. The van der Waals surface area contributed by atoms with Crippen molar-refractivity contribution in [1.29, 1.82) is 0 Å². The Hall–Kier alpha value is -1.06. The van der Waals surface area contributed by atoms with Crippen LogP contribution in [0, 0.1) is 12.8 Å². The topological polar surface area (TPSA) is 38.9 Å². The molecule has 1 aromatic carbocycles. The number of benzene rings is 1. The van der Waals surface area contributed by atoms with Crippen molar-refractivity contribution >= 4 is 22.7 Å². The van der Waals surface area contributed by atoms with Gasteiger partial charge in [-0.2, -0.15) is 11.8 Å². The van der Waals surface area contributed by atoms with Crippen LogP contribution in [0.15, 0.2) is 30.3 Å². The quantitative estimate of drug-likeness (QED) is 0.898. The van der Waals surface area contributed by atoms with Crippen LogP contribution in [0.5, 0.6) is 0 Å². The van der Waals surface area contributed by atoms with Crippen LogP contribution in [0.4, 0.5) is 0 Å². The molecule has 18 heavy (non-hydrogen) atoms. The fourth-order valence-corrected chi connectivity index (χ4v) is 3.87. The van der Waals surface area contributed by atoms with E-state index < -0.39 is 0 Å². The summed E-state index contributed by atoms with van der Waals surface area (Å²) in [5, 5.41) is 1.19. The van der Waals surface area contributed by atoms with Crippen LogP contribution in [-0.4, -0.2) is 16.5 Å². The molecule has 1 aliphatic rings. The Balaban J connectivity index is 1.94. The van der Waals surface area contributed by atoms with Gasteiger partial charge in [0.15, 0.2) is 0 Å². The van der Waals surface area contributed by atoms with Gasteiger partial charge < -0.3 is 5.73 Å². The van der Waals surface area contributed by atoms with Gasteiger partial charge in [-0.25, -0.2) is 0 Å². The summed E-state index contributed by atoms with van der Waals surface area (Å²) in [5.41, 5.74) is 9.76. The highest BCUT2D eigenvalue weighted by molar-refractivity contribution is 7.99. The Kier molecular flexibility index (Phi) is 3.27. The predicted octanol–water partition coefficient (Wildman–Crippen LogP) is 3.30. The second-order valence-corrected chi connectivity index (χ2v) is 6.20. The van der Waals surface area contributed by atoms with Crippen LogP contribution in [0.25, 0.3) is 10.9 Å². The van der Waals surface area contributed by atoms with E-state index in [1.54, 1.807) is 0 Å². The third kappa shape index (κ3) is 2.25.